The van der Waals surface area contributed by atoms with Gasteiger partial charge in [-0.2, -0.15) is 0 Å². The average Bonchev–Trinajstić information content (AvgIpc) is 2.63. The lowest BCUT2D eigenvalue weighted by molar-refractivity contribution is 0.111. The molecular formula is C12H12FNO2. The Labute approximate surface area is 92.4 Å². The number of fused-ring (bicyclic) bond motifs is 1. The Morgan fingerprint density at radius 3 is 2.94 bits per heavy atom. The van der Waals surface area contributed by atoms with E-state index in [-0.39, 0.29) is 5.82 Å². The molecule has 1 heterocycles. The number of hydrogen-bond donors (Lipinski definition) is 0. The average molecular weight is 221 g/mol. The van der Waals surface area contributed by atoms with E-state index in [1.165, 1.54) is 12.1 Å². The van der Waals surface area contributed by atoms with E-state index in [4.69, 9.17) is 4.74 Å². The predicted octanol–water partition coefficient (Wildman–Crippen LogP) is 2.24. The standard InChI is InChI=1S/C12H12FNO2/c1-16-5-4-14-11(8-15)7-9-6-10(13)2-3-12(9)14/h2-3,6-8H,4-5H2,1H3. The number of rotatable bonds is 4. The van der Waals surface area contributed by atoms with Gasteiger partial charge in [-0.1, -0.05) is 0 Å². The van der Waals surface area contributed by atoms with Crippen LogP contribution in [0, 0.1) is 5.82 Å². The zero-order valence-corrected chi connectivity index (χ0v) is 8.94. The lowest BCUT2D eigenvalue weighted by atomic mass is 10.2. The molecule has 1 aromatic carbocycles. The molecule has 0 aliphatic heterocycles. The number of nitrogens with zero attached hydrogens (tertiary/aromatic N) is 1. The fourth-order valence-corrected chi connectivity index (χ4v) is 1.79. The summed E-state index contributed by atoms with van der Waals surface area (Å²) in [4.78, 5) is 10.9. The van der Waals surface area contributed by atoms with E-state index in [1.54, 1.807) is 19.2 Å². The predicted molar refractivity (Wildman–Crippen MR) is 59.2 cm³/mol. The topological polar surface area (TPSA) is 31.2 Å². The number of ether oxygens (including phenoxy) is 1. The summed E-state index contributed by atoms with van der Waals surface area (Å²) >= 11 is 0. The van der Waals surface area contributed by atoms with Crippen molar-refractivity contribution in [3.8, 4) is 0 Å². The van der Waals surface area contributed by atoms with Crippen LogP contribution in [0.3, 0.4) is 0 Å². The molecule has 84 valence electrons. The van der Waals surface area contributed by atoms with Crippen LogP contribution in [-0.4, -0.2) is 24.6 Å². The van der Waals surface area contributed by atoms with Crippen LogP contribution in [0.1, 0.15) is 10.5 Å². The summed E-state index contributed by atoms with van der Waals surface area (Å²) in [7, 11) is 1.60. The van der Waals surface area contributed by atoms with Crippen LogP contribution in [0.25, 0.3) is 10.9 Å². The highest BCUT2D eigenvalue weighted by molar-refractivity contribution is 5.88. The summed E-state index contributed by atoms with van der Waals surface area (Å²) in [6.07, 6.45) is 0.771. The first-order valence-electron chi connectivity index (χ1n) is 4.99. The van der Waals surface area contributed by atoms with E-state index in [0.29, 0.717) is 18.8 Å². The number of hydrogen-bond acceptors (Lipinski definition) is 2. The van der Waals surface area contributed by atoms with Crippen molar-refractivity contribution in [3.63, 3.8) is 0 Å². The molecule has 0 atom stereocenters. The molecule has 0 saturated carbocycles. The maximum atomic E-state index is 13.0. The number of carbonyl (C=O) groups excluding carboxylic acids is 1. The summed E-state index contributed by atoms with van der Waals surface area (Å²) in [6.45, 7) is 1.10. The summed E-state index contributed by atoms with van der Waals surface area (Å²) in [5.41, 5.74) is 1.39. The minimum absolute atomic E-state index is 0.297. The minimum atomic E-state index is -0.297. The second kappa shape index (κ2) is 4.45. The van der Waals surface area contributed by atoms with Gasteiger partial charge in [-0.15, -0.1) is 0 Å². The Morgan fingerprint density at radius 2 is 2.25 bits per heavy atom. The maximum absolute atomic E-state index is 13.0. The molecule has 0 bridgehead atoms. The lowest BCUT2D eigenvalue weighted by Gasteiger charge is -2.06. The number of methoxy groups -OCH3 is 1. The molecule has 0 spiro atoms. The molecule has 0 amide bonds. The van der Waals surface area contributed by atoms with E-state index in [0.717, 1.165) is 17.2 Å². The number of halogens is 1. The zero-order valence-electron chi connectivity index (χ0n) is 8.94. The smallest absolute Gasteiger partial charge is 0.166 e. The largest absolute Gasteiger partial charge is 0.383 e. The zero-order chi connectivity index (χ0) is 11.5. The van der Waals surface area contributed by atoms with Gasteiger partial charge in [0.1, 0.15) is 5.82 Å². The van der Waals surface area contributed by atoms with E-state index in [2.05, 4.69) is 0 Å². The third kappa shape index (κ3) is 1.84. The second-order valence-corrected chi connectivity index (χ2v) is 3.53. The molecule has 0 radical (unpaired) electrons. The Balaban J connectivity index is 2.54. The molecule has 2 rings (SSSR count). The fourth-order valence-electron chi connectivity index (χ4n) is 1.79. The van der Waals surface area contributed by atoms with Crippen LogP contribution < -0.4 is 0 Å². The van der Waals surface area contributed by atoms with E-state index in [1.807, 2.05) is 4.57 Å². The molecule has 4 heteroatoms. The van der Waals surface area contributed by atoms with Crippen LogP contribution in [0.5, 0.6) is 0 Å². The quantitative estimate of drug-likeness (QED) is 0.741. The molecule has 16 heavy (non-hydrogen) atoms. The van der Waals surface area contributed by atoms with Crippen LogP contribution in [-0.2, 0) is 11.3 Å². The number of aldehydes is 1. The Morgan fingerprint density at radius 1 is 1.44 bits per heavy atom. The Hall–Kier alpha value is -1.68. The number of benzene rings is 1. The van der Waals surface area contributed by atoms with Gasteiger partial charge < -0.3 is 9.30 Å². The summed E-state index contributed by atoms with van der Waals surface area (Å²) in [5, 5.41) is 0.734. The molecule has 0 fully saturated rings. The lowest BCUT2D eigenvalue weighted by Crippen LogP contribution is -2.06. The van der Waals surface area contributed by atoms with Crippen molar-refractivity contribution in [2.75, 3.05) is 13.7 Å². The summed E-state index contributed by atoms with van der Waals surface area (Å²) in [5.74, 6) is -0.297. The normalized spacial score (nSPS) is 10.9. The van der Waals surface area contributed by atoms with Gasteiger partial charge in [0.15, 0.2) is 6.29 Å². The first-order valence-corrected chi connectivity index (χ1v) is 4.99. The fraction of sp³-hybridized carbons (Fsp3) is 0.250. The van der Waals surface area contributed by atoms with Crippen molar-refractivity contribution in [1.29, 1.82) is 0 Å². The molecule has 3 nitrogen and oxygen atoms in total. The van der Waals surface area contributed by atoms with Crippen LogP contribution >= 0.6 is 0 Å². The summed E-state index contributed by atoms with van der Waals surface area (Å²) in [6, 6.07) is 6.17. The van der Waals surface area contributed by atoms with Gasteiger partial charge in [-0.05, 0) is 24.3 Å². The Kier molecular flexibility index (Phi) is 3.01. The third-order valence-corrected chi connectivity index (χ3v) is 2.54. The highest BCUT2D eigenvalue weighted by Gasteiger charge is 2.08. The van der Waals surface area contributed by atoms with Crippen molar-refractivity contribution in [1.82, 2.24) is 4.57 Å². The SMILES string of the molecule is COCCn1c(C=O)cc2cc(F)ccc21. The van der Waals surface area contributed by atoms with Crippen LogP contribution in [0.15, 0.2) is 24.3 Å². The van der Waals surface area contributed by atoms with Gasteiger partial charge in [0, 0.05) is 24.6 Å². The Bertz CT molecular complexity index is 519. The van der Waals surface area contributed by atoms with E-state index < -0.39 is 0 Å². The molecule has 2 aromatic rings. The highest BCUT2D eigenvalue weighted by atomic mass is 19.1. The first-order chi connectivity index (χ1) is 7.76. The molecule has 0 saturated heterocycles. The monoisotopic (exact) mass is 221 g/mol. The third-order valence-electron chi connectivity index (χ3n) is 2.54. The maximum Gasteiger partial charge on any atom is 0.166 e. The van der Waals surface area contributed by atoms with Crippen molar-refractivity contribution in [3.05, 3.63) is 35.8 Å². The molecule has 0 aliphatic rings. The first kappa shape index (κ1) is 10.8. The number of carbonyl (C=O) groups is 1. The summed E-state index contributed by atoms with van der Waals surface area (Å²) < 4.78 is 19.8. The van der Waals surface area contributed by atoms with Crippen molar-refractivity contribution in [2.45, 2.75) is 6.54 Å². The molecule has 0 N–H and O–H groups in total. The van der Waals surface area contributed by atoms with Crippen LogP contribution in [0.4, 0.5) is 4.39 Å². The highest BCUT2D eigenvalue weighted by Crippen LogP contribution is 2.20. The van der Waals surface area contributed by atoms with E-state index in [9.17, 15) is 9.18 Å². The van der Waals surface area contributed by atoms with Crippen molar-refractivity contribution < 1.29 is 13.9 Å². The molecule has 1 aromatic heterocycles. The molecule has 0 aliphatic carbocycles. The van der Waals surface area contributed by atoms with Crippen molar-refractivity contribution in [2.24, 2.45) is 0 Å². The van der Waals surface area contributed by atoms with Crippen LogP contribution in [0.2, 0.25) is 0 Å². The number of aromatic nitrogens is 1. The van der Waals surface area contributed by atoms with E-state index >= 15 is 0 Å². The minimum Gasteiger partial charge on any atom is -0.383 e. The van der Waals surface area contributed by atoms with Crippen molar-refractivity contribution >= 4 is 17.2 Å². The molecule has 0 unspecified atom stereocenters. The van der Waals surface area contributed by atoms with Gasteiger partial charge in [0.05, 0.1) is 12.3 Å². The van der Waals surface area contributed by atoms with Gasteiger partial charge in [0.2, 0.25) is 0 Å². The van der Waals surface area contributed by atoms with Gasteiger partial charge in [-0.25, -0.2) is 4.39 Å². The molecular weight excluding hydrogens is 209 g/mol. The van der Waals surface area contributed by atoms with Gasteiger partial charge in [0.25, 0.3) is 0 Å². The second-order valence-electron chi connectivity index (χ2n) is 3.53. The van der Waals surface area contributed by atoms with Gasteiger partial charge >= 0.3 is 0 Å². The van der Waals surface area contributed by atoms with Gasteiger partial charge in [-0.3, -0.25) is 4.79 Å².